The Kier molecular flexibility index (Phi) is 3.00. The van der Waals surface area contributed by atoms with Crippen LogP contribution in [0.2, 0.25) is 5.02 Å². The Labute approximate surface area is 120 Å². The van der Waals surface area contributed by atoms with Gasteiger partial charge in [-0.25, -0.2) is 0 Å². The van der Waals surface area contributed by atoms with Crippen LogP contribution in [-0.4, -0.2) is 20.2 Å². The molecule has 0 spiro atoms. The molecule has 0 aliphatic rings. The molecule has 0 radical (unpaired) electrons. The average Bonchev–Trinajstić information content (AvgIpc) is 2.88. The number of tetrazole rings is 1. The van der Waals surface area contributed by atoms with Crippen molar-refractivity contribution in [1.29, 1.82) is 0 Å². The third-order valence-corrected chi connectivity index (χ3v) is 3.11. The Morgan fingerprint density at radius 2 is 1.75 bits per heavy atom. The molecule has 0 aliphatic heterocycles. The predicted octanol–water partition coefficient (Wildman–Crippen LogP) is 2.15. The van der Waals surface area contributed by atoms with Crippen molar-refractivity contribution in [3.63, 3.8) is 0 Å². The zero-order chi connectivity index (χ0) is 14.1. The molecule has 1 aromatic heterocycles. The van der Waals surface area contributed by atoms with E-state index in [1.807, 2.05) is 12.1 Å². The van der Waals surface area contributed by atoms with Gasteiger partial charge in [0, 0.05) is 22.0 Å². The number of halogens is 1. The average molecular weight is 287 g/mol. The summed E-state index contributed by atoms with van der Waals surface area (Å²) in [7, 11) is 0. The summed E-state index contributed by atoms with van der Waals surface area (Å²) >= 11 is 5.88. The molecular weight excluding hydrogens is 276 g/mol. The van der Waals surface area contributed by atoms with E-state index in [9.17, 15) is 0 Å². The van der Waals surface area contributed by atoms with Gasteiger partial charge in [-0.3, -0.25) is 0 Å². The minimum absolute atomic E-state index is 0.523. The molecule has 0 bridgehead atoms. The molecule has 4 N–H and O–H groups in total. The van der Waals surface area contributed by atoms with Crippen LogP contribution in [0.25, 0.3) is 17.1 Å². The van der Waals surface area contributed by atoms with Crippen LogP contribution in [0.4, 0.5) is 11.4 Å². The molecule has 3 aromatic rings. The van der Waals surface area contributed by atoms with Crippen LogP contribution < -0.4 is 11.5 Å². The van der Waals surface area contributed by atoms with Gasteiger partial charge in [0.25, 0.3) is 0 Å². The van der Waals surface area contributed by atoms with E-state index < -0.39 is 0 Å². The molecule has 0 fully saturated rings. The lowest BCUT2D eigenvalue weighted by Crippen LogP contribution is -2.02. The molecule has 0 saturated heterocycles. The van der Waals surface area contributed by atoms with Crippen molar-refractivity contribution < 1.29 is 0 Å². The van der Waals surface area contributed by atoms with E-state index >= 15 is 0 Å². The minimum atomic E-state index is 0.523. The van der Waals surface area contributed by atoms with Gasteiger partial charge in [-0.05, 0) is 52.9 Å². The maximum absolute atomic E-state index is 5.97. The van der Waals surface area contributed by atoms with Crippen LogP contribution in [0.15, 0.2) is 42.5 Å². The number of nitrogens with two attached hydrogens (primary N) is 2. The van der Waals surface area contributed by atoms with Crippen molar-refractivity contribution in [1.82, 2.24) is 20.2 Å². The fraction of sp³-hybridized carbons (Fsp3) is 0. The highest BCUT2D eigenvalue weighted by Gasteiger charge is 2.13. The number of hydrogen-bond acceptors (Lipinski definition) is 5. The van der Waals surface area contributed by atoms with Crippen molar-refractivity contribution in [3.8, 4) is 17.1 Å². The first-order valence-corrected chi connectivity index (χ1v) is 6.22. The van der Waals surface area contributed by atoms with Crippen LogP contribution in [0.3, 0.4) is 0 Å². The van der Waals surface area contributed by atoms with Crippen LogP contribution in [0.5, 0.6) is 0 Å². The first kappa shape index (κ1) is 12.4. The Balaban J connectivity index is 2.12. The first-order chi connectivity index (χ1) is 9.65. The highest BCUT2D eigenvalue weighted by Crippen LogP contribution is 2.27. The van der Waals surface area contributed by atoms with Gasteiger partial charge in [0.15, 0.2) is 5.82 Å². The highest BCUT2D eigenvalue weighted by molar-refractivity contribution is 6.30. The van der Waals surface area contributed by atoms with Crippen molar-refractivity contribution in [2.24, 2.45) is 0 Å². The van der Waals surface area contributed by atoms with Gasteiger partial charge in [0.05, 0.1) is 5.69 Å². The number of hydrogen-bond donors (Lipinski definition) is 2. The van der Waals surface area contributed by atoms with Crippen molar-refractivity contribution in [2.45, 2.75) is 0 Å². The second-order valence-corrected chi connectivity index (χ2v) is 4.67. The fourth-order valence-electron chi connectivity index (χ4n) is 1.90. The van der Waals surface area contributed by atoms with E-state index in [1.165, 1.54) is 0 Å². The molecule has 2 aromatic carbocycles. The second-order valence-electron chi connectivity index (χ2n) is 4.24. The highest BCUT2D eigenvalue weighted by atomic mass is 35.5. The summed E-state index contributed by atoms with van der Waals surface area (Å²) in [5, 5.41) is 12.4. The Bertz CT molecular complexity index is 750. The van der Waals surface area contributed by atoms with Crippen molar-refractivity contribution in [2.75, 3.05) is 11.5 Å². The lowest BCUT2D eigenvalue weighted by atomic mass is 10.1. The number of anilines is 2. The molecule has 100 valence electrons. The molecule has 0 amide bonds. The van der Waals surface area contributed by atoms with Gasteiger partial charge in [-0.2, -0.15) is 4.68 Å². The molecule has 6 nitrogen and oxygen atoms in total. The summed E-state index contributed by atoms with van der Waals surface area (Å²) in [5.41, 5.74) is 14.3. The maximum atomic E-state index is 5.97. The smallest absolute Gasteiger partial charge is 0.189 e. The predicted molar refractivity (Wildman–Crippen MR) is 78.4 cm³/mol. The Morgan fingerprint density at radius 1 is 1.00 bits per heavy atom. The van der Waals surface area contributed by atoms with Gasteiger partial charge in [-0.15, -0.1) is 5.10 Å². The number of nitrogens with zero attached hydrogens (tertiary/aromatic N) is 4. The quantitative estimate of drug-likeness (QED) is 0.704. The zero-order valence-electron chi connectivity index (χ0n) is 10.4. The van der Waals surface area contributed by atoms with Gasteiger partial charge in [0.2, 0.25) is 0 Å². The van der Waals surface area contributed by atoms with Crippen LogP contribution in [-0.2, 0) is 0 Å². The van der Waals surface area contributed by atoms with Gasteiger partial charge < -0.3 is 11.5 Å². The molecule has 20 heavy (non-hydrogen) atoms. The van der Waals surface area contributed by atoms with E-state index in [0.29, 0.717) is 22.2 Å². The Morgan fingerprint density at radius 3 is 2.45 bits per heavy atom. The van der Waals surface area contributed by atoms with Crippen LogP contribution in [0.1, 0.15) is 0 Å². The summed E-state index contributed by atoms with van der Waals surface area (Å²) in [4.78, 5) is 0. The zero-order valence-corrected chi connectivity index (χ0v) is 11.1. The Hall–Kier alpha value is -2.60. The molecule has 0 atom stereocenters. The van der Waals surface area contributed by atoms with Crippen molar-refractivity contribution >= 4 is 23.0 Å². The number of rotatable bonds is 2. The molecule has 3 rings (SSSR count). The normalized spacial score (nSPS) is 10.7. The van der Waals surface area contributed by atoms with Gasteiger partial charge in [-0.1, -0.05) is 11.6 Å². The lowest BCUT2D eigenvalue weighted by molar-refractivity contribution is 0.791. The van der Waals surface area contributed by atoms with E-state index in [4.69, 9.17) is 23.1 Å². The largest absolute Gasteiger partial charge is 0.399 e. The molecule has 7 heteroatoms. The molecule has 0 unspecified atom stereocenters. The third-order valence-electron chi connectivity index (χ3n) is 2.86. The SMILES string of the molecule is Nc1ccc(-c2nnnn2-c2ccc(Cl)cc2)c(N)c1. The van der Waals surface area contributed by atoms with Crippen LogP contribution >= 0.6 is 11.6 Å². The topological polar surface area (TPSA) is 95.6 Å². The van der Waals surface area contributed by atoms with E-state index in [0.717, 1.165) is 11.3 Å². The molecule has 1 heterocycles. The molecular formula is C13H11ClN6. The summed E-state index contributed by atoms with van der Waals surface area (Å²) in [6.07, 6.45) is 0. The summed E-state index contributed by atoms with van der Waals surface area (Å²) in [5.74, 6) is 0.546. The number of benzene rings is 2. The monoisotopic (exact) mass is 286 g/mol. The number of aromatic nitrogens is 4. The standard InChI is InChI=1S/C13H11ClN6/c14-8-1-4-10(5-2-8)20-13(17-18-19-20)11-6-3-9(15)7-12(11)16/h1-7H,15-16H2. The summed E-state index contributed by atoms with van der Waals surface area (Å²) in [6, 6.07) is 12.4. The fourth-order valence-corrected chi connectivity index (χ4v) is 2.02. The summed E-state index contributed by atoms with van der Waals surface area (Å²) < 4.78 is 1.60. The number of nitrogen functional groups attached to an aromatic ring is 2. The van der Waals surface area contributed by atoms with E-state index in [2.05, 4.69) is 15.5 Å². The lowest BCUT2D eigenvalue weighted by Gasteiger charge is -2.07. The van der Waals surface area contributed by atoms with Crippen molar-refractivity contribution in [3.05, 3.63) is 47.5 Å². The maximum Gasteiger partial charge on any atom is 0.189 e. The molecule has 0 aliphatic carbocycles. The van der Waals surface area contributed by atoms with Gasteiger partial charge in [0.1, 0.15) is 0 Å². The van der Waals surface area contributed by atoms with Gasteiger partial charge >= 0.3 is 0 Å². The van der Waals surface area contributed by atoms with Crippen LogP contribution in [0, 0.1) is 0 Å². The second kappa shape index (κ2) is 4.82. The first-order valence-electron chi connectivity index (χ1n) is 5.85. The third kappa shape index (κ3) is 2.17. The molecule has 0 saturated carbocycles. The van der Waals surface area contributed by atoms with E-state index in [1.54, 1.807) is 35.0 Å². The minimum Gasteiger partial charge on any atom is -0.399 e. The van der Waals surface area contributed by atoms with E-state index in [-0.39, 0.29) is 0 Å². The summed E-state index contributed by atoms with van der Waals surface area (Å²) in [6.45, 7) is 0.